The van der Waals surface area contributed by atoms with Crippen LogP contribution in [0.25, 0.3) is 0 Å². The van der Waals surface area contributed by atoms with Crippen LogP contribution in [0.3, 0.4) is 0 Å². The molecule has 14 heavy (non-hydrogen) atoms. The number of amides is 1. The van der Waals surface area contributed by atoms with Crippen molar-refractivity contribution in [2.45, 2.75) is 12.3 Å². The van der Waals surface area contributed by atoms with Crippen molar-refractivity contribution in [3.63, 3.8) is 0 Å². The minimum Gasteiger partial charge on any atom is -0.310 e. The summed E-state index contributed by atoms with van der Waals surface area (Å²) in [6, 6.07) is 4.91. The summed E-state index contributed by atoms with van der Waals surface area (Å²) in [6.07, 6.45) is 1.13. The fourth-order valence-electron chi connectivity index (χ4n) is 1.15. The van der Waals surface area contributed by atoms with Gasteiger partial charge in [-0.2, -0.15) is 0 Å². The van der Waals surface area contributed by atoms with Crippen LogP contribution in [0.5, 0.6) is 0 Å². The van der Waals surface area contributed by atoms with Crippen molar-refractivity contribution in [3.05, 3.63) is 24.4 Å². The molecule has 0 radical (unpaired) electrons. The Kier molecular flexibility index (Phi) is 1.94. The van der Waals surface area contributed by atoms with Gasteiger partial charge in [0.1, 0.15) is 11.7 Å². The number of rotatable bonds is 2. The molecule has 74 valence electrons. The number of halogens is 2. The molecule has 1 amide bonds. The van der Waals surface area contributed by atoms with E-state index in [0.717, 1.165) is 0 Å². The predicted molar refractivity (Wildman–Crippen MR) is 45.9 cm³/mol. The van der Waals surface area contributed by atoms with E-state index in [1.165, 1.54) is 6.20 Å². The summed E-state index contributed by atoms with van der Waals surface area (Å²) in [5, 5.41) is 2.33. The van der Waals surface area contributed by atoms with Crippen LogP contribution < -0.4 is 5.32 Å². The third kappa shape index (κ3) is 1.71. The van der Waals surface area contributed by atoms with Crippen molar-refractivity contribution in [2.75, 3.05) is 5.32 Å². The third-order valence-corrected chi connectivity index (χ3v) is 2.06. The van der Waals surface area contributed by atoms with Crippen LogP contribution in [0.4, 0.5) is 14.6 Å². The summed E-state index contributed by atoms with van der Waals surface area (Å²) in [5.74, 6) is -4.35. The number of alkyl halides is 2. The summed E-state index contributed by atoms with van der Waals surface area (Å²) in [4.78, 5) is 15.0. The molecule has 2 rings (SSSR count). The smallest absolute Gasteiger partial charge is 0.260 e. The molecule has 0 bridgehead atoms. The predicted octanol–water partition coefficient (Wildman–Crippen LogP) is 1.68. The van der Waals surface area contributed by atoms with Gasteiger partial charge < -0.3 is 5.32 Å². The fraction of sp³-hybridized carbons (Fsp3) is 0.333. The van der Waals surface area contributed by atoms with E-state index in [9.17, 15) is 13.6 Å². The molecule has 1 atom stereocenters. The quantitative estimate of drug-likeness (QED) is 0.785. The van der Waals surface area contributed by atoms with Gasteiger partial charge in [-0.15, -0.1) is 0 Å². The lowest BCUT2D eigenvalue weighted by Crippen LogP contribution is -2.18. The van der Waals surface area contributed by atoms with Crippen molar-refractivity contribution in [1.29, 1.82) is 0 Å². The molecular formula is C9H8F2N2O. The molecule has 1 saturated carbocycles. The largest absolute Gasteiger partial charge is 0.310 e. The Morgan fingerprint density at radius 3 is 2.79 bits per heavy atom. The Balaban J connectivity index is 1.97. The number of hydrogen-bond donors (Lipinski definition) is 1. The van der Waals surface area contributed by atoms with Gasteiger partial charge in [-0.1, -0.05) is 6.07 Å². The molecule has 1 N–H and O–H groups in total. The van der Waals surface area contributed by atoms with E-state index >= 15 is 0 Å². The molecule has 0 aliphatic heterocycles. The molecule has 1 aromatic heterocycles. The highest BCUT2D eigenvalue weighted by atomic mass is 19.3. The van der Waals surface area contributed by atoms with Crippen LogP contribution in [0.15, 0.2) is 24.4 Å². The van der Waals surface area contributed by atoms with Crippen LogP contribution >= 0.6 is 0 Å². The zero-order chi connectivity index (χ0) is 10.2. The van der Waals surface area contributed by atoms with E-state index in [1.807, 2.05) is 0 Å². The van der Waals surface area contributed by atoms with E-state index in [0.29, 0.717) is 5.82 Å². The van der Waals surface area contributed by atoms with E-state index in [1.54, 1.807) is 18.2 Å². The second-order valence-corrected chi connectivity index (χ2v) is 3.22. The fourth-order valence-corrected chi connectivity index (χ4v) is 1.15. The first kappa shape index (κ1) is 9.05. The maximum atomic E-state index is 12.5. The average Bonchev–Trinajstić information content (AvgIpc) is 2.77. The summed E-state index contributed by atoms with van der Waals surface area (Å²) < 4.78 is 24.9. The minimum absolute atomic E-state index is 0.306. The first-order valence-corrected chi connectivity index (χ1v) is 4.19. The molecule has 5 heteroatoms. The van der Waals surface area contributed by atoms with Gasteiger partial charge >= 0.3 is 0 Å². The molecule has 0 aromatic carbocycles. The minimum atomic E-state index is -2.82. The highest BCUT2D eigenvalue weighted by Crippen LogP contribution is 2.48. The van der Waals surface area contributed by atoms with Gasteiger partial charge in [0, 0.05) is 12.6 Å². The molecule has 3 nitrogen and oxygen atoms in total. The molecule has 1 aliphatic rings. The number of anilines is 1. The van der Waals surface area contributed by atoms with Crippen molar-refractivity contribution < 1.29 is 13.6 Å². The Morgan fingerprint density at radius 1 is 1.57 bits per heavy atom. The Labute approximate surface area is 79.1 Å². The van der Waals surface area contributed by atoms with E-state index < -0.39 is 17.7 Å². The number of aromatic nitrogens is 1. The van der Waals surface area contributed by atoms with E-state index in [4.69, 9.17) is 0 Å². The van der Waals surface area contributed by atoms with Crippen molar-refractivity contribution in [2.24, 2.45) is 5.92 Å². The van der Waals surface area contributed by atoms with Gasteiger partial charge in [-0.3, -0.25) is 4.79 Å². The number of hydrogen-bond acceptors (Lipinski definition) is 2. The highest BCUT2D eigenvalue weighted by Gasteiger charge is 2.61. The maximum absolute atomic E-state index is 12.5. The lowest BCUT2D eigenvalue weighted by molar-refractivity contribution is -0.119. The number of carbonyl (C=O) groups excluding carboxylic acids is 1. The second-order valence-electron chi connectivity index (χ2n) is 3.22. The Morgan fingerprint density at radius 2 is 2.29 bits per heavy atom. The van der Waals surface area contributed by atoms with E-state index in [2.05, 4.69) is 10.3 Å². The Bertz CT molecular complexity index is 353. The summed E-state index contributed by atoms with van der Waals surface area (Å²) in [5.41, 5.74) is 0. The zero-order valence-electron chi connectivity index (χ0n) is 7.21. The standard InChI is InChI=1S/C9H8F2N2O/c10-9(11)5-6(9)8(14)13-7-3-1-2-4-12-7/h1-4,6H,5H2,(H,12,13,14). The molecule has 0 saturated heterocycles. The SMILES string of the molecule is O=C(Nc1ccccn1)C1CC1(F)F. The zero-order valence-corrected chi connectivity index (χ0v) is 7.21. The second kappa shape index (κ2) is 3.01. The molecule has 1 aliphatic carbocycles. The first-order chi connectivity index (χ1) is 6.59. The van der Waals surface area contributed by atoms with Gasteiger partial charge in [-0.25, -0.2) is 13.8 Å². The average molecular weight is 198 g/mol. The molecule has 1 heterocycles. The normalized spacial score (nSPS) is 22.9. The lowest BCUT2D eigenvalue weighted by atomic mass is 10.3. The van der Waals surface area contributed by atoms with Crippen molar-refractivity contribution in [1.82, 2.24) is 4.98 Å². The van der Waals surface area contributed by atoms with E-state index in [-0.39, 0.29) is 6.42 Å². The highest BCUT2D eigenvalue weighted by molar-refractivity contribution is 5.94. The number of nitrogens with one attached hydrogen (secondary N) is 1. The van der Waals surface area contributed by atoms with Gasteiger partial charge in [0.05, 0.1) is 0 Å². The summed E-state index contributed by atoms with van der Waals surface area (Å²) in [7, 11) is 0. The molecule has 1 unspecified atom stereocenters. The number of carbonyl (C=O) groups is 1. The Hall–Kier alpha value is -1.52. The molecular weight excluding hydrogens is 190 g/mol. The number of nitrogens with zero attached hydrogens (tertiary/aromatic N) is 1. The molecule has 1 aromatic rings. The van der Waals surface area contributed by atoms with Crippen LogP contribution in [-0.4, -0.2) is 16.8 Å². The van der Waals surface area contributed by atoms with Crippen LogP contribution in [0.1, 0.15) is 6.42 Å². The first-order valence-electron chi connectivity index (χ1n) is 4.19. The third-order valence-electron chi connectivity index (χ3n) is 2.06. The lowest BCUT2D eigenvalue weighted by Gasteiger charge is -2.01. The maximum Gasteiger partial charge on any atom is 0.260 e. The van der Waals surface area contributed by atoms with Crippen molar-refractivity contribution in [3.8, 4) is 0 Å². The van der Waals surface area contributed by atoms with Crippen LogP contribution in [0.2, 0.25) is 0 Å². The molecule has 1 fully saturated rings. The van der Waals surface area contributed by atoms with Crippen LogP contribution in [-0.2, 0) is 4.79 Å². The van der Waals surface area contributed by atoms with Gasteiger partial charge in [0.25, 0.3) is 5.92 Å². The summed E-state index contributed by atoms with van der Waals surface area (Å²) in [6.45, 7) is 0. The number of pyridine rings is 1. The van der Waals surface area contributed by atoms with Crippen molar-refractivity contribution >= 4 is 11.7 Å². The summed E-state index contributed by atoms with van der Waals surface area (Å²) >= 11 is 0. The molecule has 0 spiro atoms. The van der Waals surface area contributed by atoms with Gasteiger partial charge in [0.2, 0.25) is 5.91 Å². The van der Waals surface area contributed by atoms with Crippen LogP contribution in [0, 0.1) is 5.92 Å². The monoisotopic (exact) mass is 198 g/mol. The van der Waals surface area contributed by atoms with Gasteiger partial charge in [-0.05, 0) is 12.1 Å². The topological polar surface area (TPSA) is 42.0 Å². The van der Waals surface area contributed by atoms with Gasteiger partial charge in [0.15, 0.2) is 0 Å².